The normalized spacial score (nSPS) is 11.7. The predicted molar refractivity (Wildman–Crippen MR) is 88.3 cm³/mol. The summed E-state index contributed by atoms with van der Waals surface area (Å²) in [6, 6.07) is 8.57. The topological polar surface area (TPSA) is 75.3 Å². The van der Waals surface area contributed by atoms with E-state index in [0.717, 1.165) is 10.4 Å². The molecule has 5 nitrogen and oxygen atoms in total. The summed E-state index contributed by atoms with van der Waals surface area (Å²) in [5, 5.41) is 7.02. The van der Waals surface area contributed by atoms with Gasteiger partial charge in [0.05, 0.1) is 6.54 Å². The Morgan fingerprint density at radius 1 is 1.23 bits per heavy atom. The van der Waals surface area contributed by atoms with E-state index in [-0.39, 0.29) is 0 Å². The summed E-state index contributed by atoms with van der Waals surface area (Å²) >= 11 is 1.53. The second-order valence-corrected chi connectivity index (χ2v) is 7.03. The van der Waals surface area contributed by atoms with Gasteiger partial charge in [-0.25, -0.2) is 0 Å². The second kappa shape index (κ2) is 7.33. The number of hydrogen-bond donors (Lipinski definition) is 2. The number of amides is 2. The Labute approximate surface area is 135 Å². The molecule has 0 unspecified atom stereocenters. The first-order chi connectivity index (χ1) is 10.5. The van der Waals surface area contributed by atoms with Gasteiger partial charge in [-0.2, -0.15) is 0 Å². The Kier molecular flexibility index (Phi) is 5.46. The third-order valence-electron chi connectivity index (χ3n) is 3.01. The lowest BCUT2D eigenvalue weighted by molar-refractivity contribution is -0.136. The highest BCUT2D eigenvalue weighted by Crippen LogP contribution is 2.15. The van der Waals surface area contributed by atoms with Crippen molar-refractivity contribution in [1.82, 2.24) is 5.32 Å². The zero-order valence-corrected chi connectivity index (χ0v) is 13.8. The summed E-state index contributed by atoms with van der Waals surface area (Å²) in [6.07, 6.45) is 1.55. The van der Waals surface area contributed by atoms with Gasteiger partial charge in [0.2, 0.25) is 0 Å². The van der Waals surface area contributed by atoms with E-state index in [2.05, 4.69) is 10.6 Å². The third-order valence-corrected chi connectivity index (χ3v) is 4.95. The molecule has 0 spiro atoms. The molecule has 1 aromatic heterocycles. The Hall–Kier alpha value is -1.99. The van der Waals surface area contributed by atoms with Crippen molar-refractivity contribution in [3.63, 3.8) is 0 Å². The minimum absolute atomic E-state index is 0.328. The lowest BCUT2D eigenvalue weighted by atomic mass is 10.3. The number of anilines is 1. The molecule has 0 bridgehead atoms. The summed E-state index contributed by atoms with van der Waals surface area (Å²) in [5.41, 5.74) is 1.53. The van der Waals surface area contributed by atoms with Crippen LogP contribution in [0.1, 0.15) is 10.4 Å². The van der Waals surface area contributed by atoms with E-state index in [9.17, 15) is 13.8 Å². The molecule has 2 amide bonds. The first-order valence-corrected chi connectivity index (χ1v) is 8.97. The molecule has 1 aromatic carbocycles. The minimum atomic E-state index is -1.14. The fourth-order valence-corrected chi connectivity index (χ4v) is 3.18. The molecule has 0 saturated heterocycles. The third kappa shape index (κ3) is 4.25. The second-order valence-electron chi connectivity index (χ2n) is 4.65. The highest BCUT2D eigenvalue weighted by atomic mass is 32.2. The van der Waals surface area contributed by atoms with Crippen molar-refractivity contribution in [3.8, 4) is 0 Å². The first-order valence-electron chi connectivity index (χ1n) is 6.53. The maximum Gasteiger partial charge on any atom is 0.313 e. The number of carbonyl (C=O) groups excluding carboxylic acids is 2. The summed E-state index contributed by atoms with van der Waals surface area (Å²) in [7, 11) is -1.14. The summed E-state index contributed by atoms with van der Waals surface area (Å²) in [5.74, 6) is -1.44. The van der Waals surface area contributed by atoms with Crippen LogP contribution in [0.2, 0.25) is 0 Å². The Morgan fingerprint density at radius 3 is 2.64 bits per heavy atom. The van der Waals surface area contributed by atoms with E-state index in [1.54, 1.807) is 30.5 Å². The van der Waals surface area contributed by atoms with Gasteiger partial charge < -0.3 is 10.6 Å². The lowest BCUT2D eigenvalue weighted by Gasteiger charge is -2.07. The van der Waals surface area contributed by atoms with Gasteiger partial charge in [0.15, 0.2) is 0 Å². The van der Waals surface area contributed by atoms with Gasteiger partial charge in [-0.05, 0) is 42.1 Å². The van der Waals surface area contributed by atoms with Crippen LogP contribution in [0.25, 0.3) is 0 Å². The maximum absolute atomic E-state index is 11.8. The van der Waals surface area contributed by atoms with Gasteiger partial charge in [-0.3, -0.25) is 13.8 Å². The van der Waals surface area contributed by atoms with Gasteiger partial charge in [0.25, 0.3) is 0 Å². The summed E-state index contributed by atoms with van der Waals surface area (Å²) < 4.78 is 11.4. The number of nitrogens with one attached hydrogen (secondary N) is 2. The molecule has 2 N–H and O–H groups in total. The van der Waals surface area contributed by atoms with E-state index >= 15 is 0 Å². The zero-order valence-electron chi connectivity index (χ0n) is 12.2. The van der Waals surface area contributed by atoms with Crippen molar-refractivity contribution >= 4 is 39.6 Å². The smallest absolute Gasteiger partial charge is 0.313 e. The van der Waals surface area contributed by atoms with E-state index < -0.39 is 22.6 Å². The maximum atomic E-state index is 11.8. The number of hydrogen-bond acceptors (Lipinski definition) is 4. The molecule has 0 aliphatic carbocycles. The molecule has 2 aromatic rings. The van der Waals surface area contributed by atoms with E-state index in [1.165, 1.54) is 11.3 Å². The molecule has 0 aliphatic rings. The molecule has 0 fully saturated rings. The van der Waals surface area contributed by atoms with Crippen molar-refractivity contribution in [2.24, 2.45) is 0 Å². The fraction of sp³-hybridized carbons (Fsp3) is 0.200. The van der Waals surface area contributed by atoms with Crippen LogP contribution in [0.4, 0.5) is 5.69 Å². The Bertz CT molecular complexity index is 725. The van der Waals surface area contributed by atoms with Gasteiger partial charge in [-0.15, -0.1) is 11.3 Å². The fourth-order valence-electron chi connectivity index (χ4n) is 1.77. The van der Waals surface area contributed by atoms with E-state index in [0.29, 0.717) is 17.1 Å². The number of aryl methyl sites for hydroxylation is 1. The van der Waals surface area contributed by atoms with Crippen LogP contribution in [-0.2, 0) is 26.9 Å². The first kappa shape index (κ1) is 16.4. The number of rotatable bonds is 4. The molecule has 22 heavy (non-hydrogen) atoms. The van der Waals surface area contributed by atoms with Gasteiger partial charge >= 0.3 is 11.8 Å². The monoisotopic (exact) mass is 336 g/mol. The molecule has 0 saturated carbocycles. The van der Waals surface area contributed by atoms with Crippen molar-refractivity contribution < 1.29 is 13.8 Å². The highest BCUT2D eigenvalue weighted by Gasteiger charge is 2.14. The molecular formula is C15H16N2O3S2. The number of thiophene rings is 1. The predicted octanol–water partition coefficient (Wildman–Crippen LogP) is 2.05. The molecule has 116 valence electrons. The molecule has 1 atom stereocenters. The van der Waals surface area contributed by atoms with Gasteiger partial charge in [0, 0.05) is 32.5 Å². The van der Waals surface area contributed by atoms with Crippen LogP contribution < -0.4 is 10.6 Å². The number of carbonyl (C=O) groups is 2. The molecule has 7 heteroatoms. The molecule has 0 radical (unpaired) electrons. The SMILES string of the molecule is Cc1ccsc1CNC(=O)C(=O)Nc1cccc([S@@](C)=O)c1. The standard InChI is InChI=1S/C15H16N2O3S2/c1-10-6-7-21-13(10)9-16-14(18)15(19)17-11-4-3-5-12(8-11)22(2)20/h3-8H,9H2,1-2H3,(H,16,18)(H,17,19)/t22-/m1/s1. The average Bonchev–Trinajstić information content (AvgIpc) is 2.90. The van der Waals surface area contributed by atoms with Crippen molar-refractivity contribution in [3.05, 3.63) is 46.2 Å². The summed E-state index contributed by atoms with van der Waals surface area (Å²) in [6.45, 7) is 2.28. The lowest BCUT2D eigenvalue weighted by Crippen LogP contribution is -2.34. The van der Waals surface area contributed by atoms with E-state index in [4.69, 9.17) is 0 Å². The average molecular weight is 336 g/mol. The van der Waals surface area contributed by atoms with Gasteiger partial charge in [0.1, 0.15) is 0 Å². The van der Waals surface area contributed by atoms with Crippen LogP contribution in [0.3, 0.4) is 0 Å². The van der Waals surface area contributed by atoms with Crippen molar-refractivity contribution in [1.29, 1.82) is 0 Å². The van der Waals surface area contributed by atoms with Crippen LogP contribution in [0.15, 0.2) is 40.6 Å². The highest BCUT2D eigenvalue weighted by molar-refractivity contribution is 7.84. The quantitative estimate of drug-likeness (QED) is 0.839. The Morgan fingerprint density at radius 2 is 2.00 bits per heavy atom. The Balaban J connectivity index is 1.94. The number of benzene rings is 1. The van der Waals surface area contributed by atoms with Crippen LogP contribution in [0, 0.1) is 6.92 Å². The van der Waals surface area contributed by atoms with Crippen molar-refractivity contribution in [2.45, 2.75) is 18.4 Å². The largest absolute Gasteiger partial charge is 0.343 e. The van der Waals surface area contributed by atoms with Gasteiger partial charge in [-0.1, -0.05) is 6.07 Å². The van der Waals surface area contributed by atoms with Crippen LogP contribution in [0.5, 0.6) is 0 Å². The molecular weight excluding hydrogens is 320 g/mol. The van der Waals surface area contributed by atoms with Crippen molar-refractivity contribution in [2.75, 3.05) is 11.6 Å². The molecule has 2 rings (SSSR count). The summed E-state index contributed by atoms with van der Waals surface area (Å²) in [4.78, 5) is 25.2. The van der Waals surface area contributed by atoms with Crippen LogP contribution >= 0.6 is 11.3 Å². The zero-order chi connectivity index (χ0) is 16.1. The molecule has 0 aliphatic heterocycles. The van der Waals surface area contributed by atoms with Crippen LogP contribution in [-0.4, -0.2) is 22.3 Å². The molecule has 1 heterocycles. The minimum Gasteiger partial charge on any atom is -0.343 e. The van der Waals surface area contributed by atoms with E-state index in [1.807, 2.05) is 18.4 Å².